The van der Waals surface area contributed by atoms with E-state index in [-0.39, 0.29) is 32.9 Å². The molecule has 0 fully saturated rings. The lowest BCUT2D eigenvalue weighted by Gasteiger charge is -2.07. The van der Waals surface area contributed by atoms with Gasteiger partial charge in [-0.3, -0.25) is 9.59 Å². The van der Waals surface area contributed by atoms with Crippen molar-refractivity contribution in [2.45, 2.75) is 13.1 Å². The Labute approximate surface area is 123 Å². The Bertz CT molecular complexity index is 465. The van der Waals surface area contributed by atoms with Crippen molar-refractivity contribution in [1.82, 2.24) is 10.6 Å². The molecule has 21 heavy (non-hydrogen) atoms. The Hall–Kier alpha value is -1.96. The predicted molar refractivity (Wildman–Crippen MR) is 77.1 cm³/mol. The number of nitrogens with one attached hydrogen (secondary N) is 2. The second-order valence-corrected chi connectivity index (χ2v) is 4.30. The minimum Gasteiger partial charge on any atom is -0.394 e. The number of hydrogen-bond donors (Lipinski definition) is 4. The average Bonchev–Trinajstić information content (AvgIpc) is 2.52. The number of carbonyl (C=O) groups excluding carboxylic acids is 2. The zero-order chi connectivity index (χ0) is 15.5. The molecular weight excluding hydrogens is 274 g/mol. The fourth-order valence-electron chi connectivity index (χ4n) is 1.61. The molecule has 0 aliphatic rings. The summed E-state index contributed by atoms with van der Waals surface area (Å²) in [6, 6.07) is 7.47. The van der Waals surface area contributed by atoms with Gasteiger partial charge in [-0.2, -0.15) is 0 Å². The summed E-state index contributed by atoms with van der Waals surface area (Å²) in [6.07, 6.45) is 0. The van der Waals surface area contributed by atoms with E-state index in [0.29, 0.717) is 6.54 Å². The van der Waals surface area contributed by atoms with Crippen LogP contribution >= 0.6 is 0 Å². The molecular formula is C14H21N3O4. The number of aliphatic hydroxyl groups is 1. The van der Waals surface area contributed by atoms with E-state index in [1.165, 1.54) is 0 Å². The summed E-state index contributed by atoms with van der Waals surface area (Å²) >= 11 is 0. The Morgan fingerprint density at radius 2 is 1.86 bits per heavy atom. The Morgan fingerprint density at radius 1 is 1.14 bits per heavy atom. The van der Waals surface area contributed by atoms with Crippen molar-refractivity contribution in [3.63, 3.8) is 0 Å². The predicted octanol–water partition coefficient (Wildman–Crippen LogP) is -1.11. The molecule has 0 unspecified atom stereocenters. The molecule has 1 aromatic rings. The highest BCUT2D eigenvalue weighted by molar-refractivity contribution is 6.35. The first-order valence-corrected chi connectivity index (χ1v) is 6.70. The summed E-state index contributed by atoms with van der Waals surface area (Å²) in [4.78, 5) is 23.0. The molecule has 0 atom stereocenters. The van der Waals surface area contributed by atoms with Crippen LogP contribution in [0.2, 0.25) is 0 Å². The van der Waals surface area contributed by atoms with Gasteiger partial charge in [0.05, 0.1) is 19.8 Å². The third-order valence-corrected chi connectivity index (χ3v) is 2.65. The lowest BCUT2D eigenvalue weighted by atomic mass is 10.1. The molecule has 0 saturated heterocycles. The van der Waals surface area contributed by atoms with E-state index in [2.05, 4.69) is 10.6 Å². The third kappa shape index (κ3) is 6.84. The molecule has 0 aliphatic carbocycles. The zero-order valence-corrected chi connectivity index (χ0v) is 11.8. The van der Waals surface area contributed by atoms with E-state index in [9.17, 15) is 9.59 Å². The van der Waals surface area contributed by atoms with Gasteiger partial charge in [-0.1, -0.05) is 24.3 Å². The van der Waals surface area contributed by atoms with Crippen LogP contribution in [0.25, 0.3) is 0 Å². The van der Waals surface area contributed by atoms with Gasteiger partial charge >= 0.3 is 11.8 Å². The summed E-state index contributed by atoms with van der Waals surface area (Å²) in [5, 5.41) is 13.4. The Kier molecular flexibility index (Phi) is 8.03. The van der Waals surface area contributed by atoms with E-state index < -0.39 is 11.8 Å². The largest absolute Gasteiger partial charge is 0.394 e. The highest BCUT2D eigenvalue weighted by atomic mass is 16.5. The molecule has 7 heteroatoms. The van der Waals surface area contributed by atoms with Gasteiger partial charge < -0.3 is 26.2 Å². The third-order valence-electron chi connectivity index (χ3n) is 2.65. The fraction of sp³-hybridized carbons (Fsp3) is 0.429. The minimum atomic E-state index is -0.711. The number of aliphatic hydroxyl groups excluding tert-OH is 1. The number of benzene rings is 1. The second-order valence-electron chi connectivity index (χ2n) is 4.30. The van der Waals surface area contributed by atoms with Gasteiger partial charge in [0.1, 0.15) is 0 Å². The average molecular weight is 295 g/mol. The van der Waals surface area contributed by atoms with Crippen molar-refractivity contribution >= 4 is 11.8 Å². The number of carbonyl (C=O) groups is 2. The smallest absolute Gasteiger partial charge is 0.309 e. The van der Waals surface area contributed by atoms with Crippen LogP contribution in [0.4, 0.5) is 0 Å². The van der Waals surface area contributed by atoms with Gasteiger partial charge in [-0.05, 0) is 11.1 Å². The lowest BCUT2D eigenvalue weighted by Crippen LogP contribution is -2.40. The summed E-state index contributed by atoms with van der Waals surface area (Å²) in [6.45, 7) is 1.29. The second kappa shape index (κ2) is 9.87. The van der Waals surface area contributed by atoms with Gasteiger partial charge in [-0.15, -0.1) is 0 Å². The number of nitrogens with two attached hydrogens (primary N) is 1. The SMILES string of the molecule is NCc1cccc(CNC(=O)C(=O)NCCOCCO)c1. The van der Waals surface area contributed by atoms with Gasteiger partial charge in [0, 0.05) is 19.6 Å². The van der Waals surface area contributed by atoms with Crippen molar-refractivity contribution in [2.24, 2.45) is 5.73 Å². The molecule has 7 nitrogen and oxygen atoms in total. The van der Waals surface area contributed by atoms with Gasteiger partial charge in [0.25, 0.3) is 0 Å². The van der Waals surface area contributed by atoms with E-state index in [1.54, 1.807) is 0 Å². The minimum absolute atomic E-state index is 0.0731. The first-order valence-electron chi connectivity index (χ1n) is 6.70. The molecule has 5 N–H and O–H groups in total. The van der Waals surface area contributed by atoms with Crippen molar-refractivity contribution in [1.29, 1.82) is 0 Å². The number of rotatable bonds is 8. The summed E-state index contributed by atoms with van der Waals surface area (Å²) < 4.78 is 4.96. The van der Waals surface area contributed by atoms with Crippen LogP contribution in [0, 0.1) is 0 Å². The maximum absolute atomic E-state index is 11.6. The number of hydrogen-bond acceptors (Lipinski definition) is 5. The van der Waals surface area contributed by atoms with Gasteiger partial charge in [-0.25, -0.2) is 0 Å². The molecule has 1 rings (SSSR count). The quantitative estimate of drug-likeness (QED) is 0.358. The summed E-state index contributed by atoms with van der Waals surface area (Å²) in [5.41, 5.74) is 7.38. The molecule has 0 aliphatic heterocycles. The van der Waals surface area contributed by atoms with Crippen molar-refractivity contribution < 1.29 is 19.4 Å². The summed E-state index contributed by atoms with van der Waals surface area (Å²) in [5.74, 6) is -1.41. The van der Waals surface area contributed by atoms with Crippen LogP contribution in [0.5, 0.6) is 0 Å². The summed E-state index contributed by atoms with van der Waals surface area (Å²) in [7, 11) is 0. The van der Waals surface area contributed by atoms with Gasteiger partial charge in [0.2, 0.25) is 0 Å². The monoisotopic (exact) mass is 295 g/mol. The molecule has 116 valence electrons. The molecule has 0 spiro atoms. The maximum Gasteiger partial charge on any atom is 0.309 e. The molecule has 2 amide bonds. The molecule has 0 aromatic heterocycles. The van der Waals surface area contributed by atoms with Crippen LogP contribution in [0.3, 0.4) is 0 Å². The van der Waals surface area contributed by atoms with Crippen LogP contribution in [-0.2, 0) is 27.4 Å². The molecule has 0 bridgehead atoms. The molecule has 0 heterocycles. The normalized spacial score (nSPS) is 10.2. The number of ether oxygens (including phenoxy) is 1. The molecule has 1 aromatic carbocycles. The first kappa shape index (κ1) is 17.1. The topological polar surface area (TPSA) is 114 Å². The van der Waals surface area contributed by atoms with Crippen LogP contribution in [-0.4, -0.2) is 43.3 Å². The van der Waals surface area contributed by atoms with E-state index in [4.69, 9.17) is 15.6 Å². The standard InChI is InChI=1S/C14H21N3O4/c15-9-11-2-1-3-12(8-11)10-17-14(20)13(19)16-4-6-21-7-5-18/h1-3,8,18H,4-7,9-10,15H2,(H,16,19)(H,17,20). The fourth-order valence-corrected chi connectivity index (χ4v) is 1.61. The molecule has 0 saturated carbocycles. The van der Waals surface area contributed by atoms with E-state index >= 15 is 0 Å². The Morgan fingerprint density at radius 3 is 2.57 bits per heavy atom. The highest BCUT2D eigenvalue weighted by Gasteiger charge is 2.12. The van der Waals surface area contributed by atoms with E-state index in [0.717, 1.165) is 11.1 Å². The highest BCUT2D eigenvalue weighted by Crippen LogP contribution is 2.03. The van der Waals surface area contributed by atoms with Crippen molar-refractivity contribution in [3.8, 4) is 0 Å². The maximum atomic E-state index is 11.6. The van der Waals surface area contributed by atoms with Gasteiger partial charge in [0.15, 0.2) is 0 Å². The van der Waals surface area contributed by atoms with Crippen molar-refractivity contribution in [2.75, 3.05) is 26.4 Å². The van der Waals surface area contributed by atoms with Crippen LogP contribution < -0.4 is 16.4 Å². The number of amides is 2. The van der Waals surface area contributed by atoms with Crippen molar-refractivity contribution in [3.05, 3.63) is 35.4 Å². The van der Waals surface area contributed by atoms with E-state index in [1.807, 2.05) is 24.3 Å². The van der Waals surface area contributed by atoms with Crippen LogP contribution in [0.15, 0.2) is 24.3 Å². The Balaban J connectivity index is 2.27. The first-order chi connectivity index (χ1) is 10.2. The zero-order valence-electron chi connectivity index (χ0n) is 11.8. The molecule has 0 radical (unpaired) electrons. The lowest BCUT2D eigenvalue weighted by molar-refractivity contribution is -0.139. The van der Waals surface area contributed by atoms with Crippen LogP contribution in [0.1, 0.15) is 11.1 Å².